The third kappa shape index (κ3) is 7.00. The first-order valence-corrected chi connectivity index (χ1v) is 16.7. The van der Waals surface area contributed by atoms with Gasteiger partial charge in [-0.3, -0.25) is 0 Å². The lowest BCUT2D eigenvalue weighted by atomic mass is 9.82. The molecule has 0 bridgehead atoms. The number of hydrogen-bond acceptors (Lipinski definition) is 5. The number of rotatable bonds is 8. The maximum atomic E-state index is 13.4. The molecule has 0 aromatic heterocycles. The van der Waals surface area contributed by atoms with E-state index in [4.69, 9.17) is 11.3 Å². The van der Waals surface area contributed by atoms with E-state index in [1.54, 1.807) is 0 Å². The average molecular weight is 683 g/mol. The molecule has 7 nitrogen and oxygen atoms in total. The van der Waals surface area contributed by atoms with Crippen molar-refractivity contribution in [3.63, 3.8) is 0 Å². The molecule has 0 amide bonds. The fraction of sp³-hybridized carbons (Fsp3) is 0.209. The van der Waals surface area contributed by atoms with Crippen LogP contribution in [0.1, 0.15) is 56.6 Å². The lowest BCUT2D eigenvalue weighted by Gasteiger charge is -2.31. The van der Waals surface area contributed by atoms with Gasteiger partial charge in [0, 0.05) is 17.5 Å². The molecule has 0 aliphatic carbocycles. The summed E-state index contributed by atoms with van der Waals surface area (Å²) >= 11 is 0. The van der Waals surface area contributed by atoms with Crippen LogP contribution in [0.3, 0.4) is 0 Å². The Morgan fingerprint density at radius 1 is 0.882 bits per heavy atom. The van der Waals surface area contributed by atoms with Gasteiger partial charge in [0.25, 0.3) is 0 Å². The minimum Gasteiger partial charge on any atom is -0.507 e. The summed E-state index contributed by atoms with van der Waals surface area (Å²) in [6, 6.07) is 30.8. The number of ether oxygens (including phenoxy) is 1. The molecular weight excluding hydrogens is 643 g/mol. The van der Waals surface area contributed by atoms with E-state index >= 15 is 0 Å². The SMILES string of the molecule is Cc1cc2ccccc2c(Cc2c(O)c(C(=O)O)cc3ccccc23)c1O.[C-]#[N+]c1ccc2c(c1)CO[C@@]2(CCCN(C)C)c1ccc(F)cc1. The van der Waals surface area contributed by atoms with Crippen LogP contribution in [-0.4, -0.2) is 46.8 Å². The van der Waals surface area contributed by atoms with Crippen molar-refractivity contribution in [2.45, 2.75) is 38.4 Å². The largest absolute Gasteiger partial charge is 0.507 e. The summed E-state index contributed by atoms with van der Waals surface area (Å²) in [5, 5.41) is 34.2. The Balaban J connectivity index is 0.000000177. The molecule has 51 heavy (non-hydrogen) atoms. The van der Waals surface area contributed by atoms with Crippen molar-refractivity contribution in [2.24, 2.45) is 0 Å². The Bertz CT molecular complexity index is 2290. The molecule has 0 fully saturated rings. The van der Waals surface area contributed by atoms with Crippen molar-refractivity contribution in [2.75, 3.05) is 20.6 Å². The number of halogens is 1. The summed E-state index contributed by atoms with van der Waals surface area (Å²) in [5.41, 5.74) is 4.96. The normalized spacial score (nSPS) is 15.0. The molecule has 0 unspecified atom stereocenters. The molecule has 3 N–H and O–H groups in total. The van der Waals surface area contributed by atoms with Crippen molar-refractivity contribution >= 4 is 33.2 Å². The number of carboxylic acids is 1. The van der Waals surface area contributed by atoms with E-state index in [2.05, 4.69) is 23.8 Å². The van der Waals surface area contributed by atoms with Gasteiger partial charge in [-0.2, -0.15) is 0 Å². The smallest absolute Gasteiger partial charge is 0.339 e. The molecular formula is C43H39FN2O5. The zero-order valence-corrected chi connectivity index (χ0v) is 28.8. The molecule has 0 spiro atoms. The number of phenols is 2. The molecule has 6 aromatic rings. The molecule has 8 heteroatoms. The average Bonchev–Trinajstić information content (AvgIpc) is 3.49. The minimum atomic E-state index is -1.18. The molecule has 7 rings (SSSR count). The summed E-state index contributed by atoms with van der Waals surface area (Å²) in [6.07, 6.45) is 2.01. The number of aromatic carboxylic acids is 1. The zero-order valence-electron chi connectivity index (χ0n) is 28.8. The molecule has 1 heterocycles. The number of phenolic OH excluding ortho intramolecular Hbond substituents is 1. The van der Waals surface area contributed by atoms with Gasteiger partial charge in [0.2, 0.25) is 0 Å². The van der Waals surface area contributed by atoms with Gasteiger partial charge in [-0.1, -0.05) is 78.9 Å². The van der Waals surface area contributed by atoms with Crippen molar-refractivity contribution in [1.29, 1.82) is 0 Å². The van der Waals surface area contributed by atoms with Crippen LogP contribution in [0, 0.1) is 19.3 Å². The molecule has 0 saturated carbocycles. The number of fused-ring (bicyclic) bond motifs is 3. The first-order chi connectivity index (χ1) is 24.5. The highest BCUT2D eigenvalue weighted by atomic mass is 19.1. The minimum absolute atomic E-state index is 0.139. The number of carboxylic acid groups (broad SMARTS) is 1. The molecule has 6 aromatic carbocycles. The Kier molecular flexibility index (Phi) is 10.1. The fourth-order valence-electron chi connectivity index (χ4n) is 7.07. The lowest BCUT2D eigenvalue weighted by molar-refractivity contribution is -0.0140. The highest BCUT2D eigenvalue weighted by Crippen LogP contribution is 2.46. The summed E-state index contributed by atoms with van der Waals surface area (Å²) in [5.74, 6) is -1.52. The molecule has 1 aliphatic rings. The second-order valence-corrected chi connectivity index (χ2v) is 13.2. The van der Waals surface area contributed by atoms with Crippen molar-refractivity contribution in [3.05, 3.63) is 159 Å². The molecule has 258 valence electrons. The predicted octanol–water partition coefficient (Wildman–Crippen LogP) is 9.49. The molecule has 1 atom stereocenters. The van der Waals surface area contributed by atoms with E-state index in [0.29, 0.717) is 23.4 Å². The standard InChI is InChI=1S/C23H18O4.C20H21FN2O/c1-13-10-14-6-2-4-8-16(14)18(21(13)24)12-19-17-9-5-3-7-15(17)11-20(22(19)25)23(26)27;1-22-18-9-10-19-15(13-18)14-24-20(19,11-4-12-23(2)3)16-5-7-17(21)8-6-16/h2-11,24-25H,12H2,1H3,(H,26,27);5-10,13H,4,11-12,14H2,2-3H3/t;20-/m.0/s1. The van der Waals surface area contributed by atoms with E-state index in [-0.39, 0.29) is 29.3 Å². The Morgan fingerprint density at radius 2 is 1.51 bits per heavy atom. The van der Waals surface area contributed by atoms with Gasteiger partial charge < -0.3 is 25.0 Å². The van der Waals surface area contributed by atoms with Crippen LogP contribution in [0.15, 0.2) is 103 Å². The van der Waals surface area contributed by atoms with Crippen LogP contribution in [-0.2, 0) is 23.4 Å². The van der Waals surface area contributed by atoms with Gasteiger partial charge >= 0.3 is 5.97 Å². The van der Waals surface area contributed by atoms with Gasteiger partial charge in [-0.15, -0.1) is 0 Å². The number of aromatic hydroxyl groups is 2. The van der Waals surface area contributed by atoms with Crippen LogP contribution >= 0.6 is 0 Å². The van der Waals surface area contributed by atoms with Crippen molar-refractivity contribution in [1.82, 2.24) is 4.90 Å². The summed E-state index contributed by atoms with van der Waals surface area (Å²) in [7, 11) is 4.10. The van der Waals surface area contributed by atoms with E-state index in [0.717, 1.165) is 63.2 Å². The van der Waals surface area contributed by atoms with Crippen LogP contribution < -0.4 is 0 Å². The second kappa shape index (κ2) is 14.6. The summed E-state index contributed by atoms with van der Waals surface area (Å²) in [4.78, 5) is 17.2. The summed E-state index contributed by atoms with van der Waals surface area (Å²) in [6.45, 7) is 10.5. The van der Waals surface area contributed by atoms with E-state index in [1.807, 2.05) is 91.9 Å². The first kappa shape index (κ1) is 35.1. The van der Waals surface area contributed by atoms with Gasteiger partial charge in [-0.25, -0.2) is 14.0 Å². The highest BCUT2D eigenvalue weighted by molar-refractivity contribution is 6.00. The van der Waals surface area contributed by atoms with Crippen LogP contribution in [0.25, 0.3) is 26.4 Å². The Hall–Kier alpha value is -5.75. The quantitative estimate of drug-likeness (QED) is 0.139. The number of carbonyl (C=O) groups is 1. The number of hydrogen-bond donors (Lipinski definition) is 3. The topological polar surface area (TPSA) is 94.6 Å². The van der Waals surface area contributed by atoms with Crippen LogP contribution in [0.4, 0.5) is 10.1 Å². The molecule has 0 radical (unpaired) electrons. The Labute approximate surface area is 296 Å². The molecule has 1 aliphatic heterocycles. The predicted molar refractivity (Wildman–Crippen MR) is 198 cm³/mol. The number of nitrogens with zero attached hydrogens (tertiary/aromatic N) is 2. The molecule has 0 saturated heterocycles. The van der Waals surface area contributed by atoms with Gasteiger partial charge in [-0.05, 0) is 108 Å². The van der Waals surface area contributed by atoms with E-state index < -0.39 is 11.6 Å². The zero-order chi connectivity index (χ0) is 36.3. The number of aryl methyl sites for hydroxylation is 1. The third-order valence-electron chi connectivity index (χ3n) is 9.60. The van der Waals surface area contributed by atoms with Gasteiger partial charge in [0.05, 0.1) is 13.2 Å². The lowest BCUT2D eigenvalue weighted by Crippen LogP contribution is -2.28. The summed E-state index contributed by atoms with van der Waals surface area (Å²) < 4.78 is 19.6. The van der Waals surface area contributed by atoms with E-state index in [1.165, 1.54) is 18.2 Å². The number of benzene rings is 6. The highest BCUT2D eigenvalue weighted by Gasteiger charge is 2.41. The van der Waals surface area contributed by atoms with Crippen LogP contribution in [0.5, 0.6) is 11.5 Å². The van der Waals surface area contributed by atoms with Gasteiger partial charge in [0.15, 0.2) is 5.69 Å². The second-order valence-electron chi connectivity index (χ2n) is 13.2. The van der Waals surface area contributed by atoms with Crippen molar-refractivity contribution in [3.8, 4) is 11.5 Å². The fourth-order valence-corrected chi connectivity index (χ4v) is 7.07. The Morgan fingerprint density at radius 3 is 2.14 bits per heavy atom. The van der Waals surface area contributed by atoms with E-state index in [9.17, 15) is 24.5 Å². The maximum Gasteiger partial charge on any atom is 0.339 e. The maximum absolute atomic E-state index is 13.4. The van der Waals surface area contributed by atoms with Crippen LogP contribution in [0.2, 0.25) is 0 Å². The first-order valence-electron chi connectivity index (χ1n) is 16.7. The monoisotopic (exact) mass is 682 g/mol. The van der Waals surface area contributed by atoms with Crippen molar-refractivity contribution < 1.29 is 29.2 Å². The van der Waals surface area contributed by atoms with Gasteiger partial charge in [0.1, 0.15) is 28.5 Å². The third-order valence-corrected chi connectivity index (χ3v) is 9.60.